The Labute approximate surface area is 157 Å². The Morgan fingerprint density at radius 3 is 2.42 bits per heavy atom. The van der Waals surface area contributed by atoms with Crippen LogP contribution < -0.4 is 15.0 Å². The maximum Gasteiger partial charge on any atom is 0.270 e. The first kappa shape index (κ1) is 17.8. The van der Waals surface area contributed by atoms with E-state index in [2.05, 4.69) is 5.32 Å². The number of carbonyl (C=O) groups excluding carboxylic acids is 2. The number of carbonyl (C=O) groups is 2. The number of hydrogen-bond acceptors (Lipinski definition) is 4. The van der Waals surface area contributed by atoms with Crippen molar-refractivity contribution in [3.63, 3.8) is 0 Å². The summed E-state index contributed by atoms with van der Waals surface area (Å²) in [5.41, 5.74) is 3.36. The largest absolute Gasteiger partial charge is 0.496 e. The highest BCUT2D eigenvalue weighted by atomic mass is 32.1. The molecule has 1 aliphatic heterocycles. The highest BCUT2D eigenvalue weighted by Gasteiger charge is 2.34. The van der Waals surface area contributed by atoms with Gasteiger partial charge in [-0.3, -0.25) is 19.8 Å². The van der Waals surface area contributed by atoms with Crippen LogP contribution in [0.15, 0.2) is 48.0 Å². The molecule has 0 aromatic heterocycles. The topological polar surface area (TPSA) is 58.6 Å². The number of aryl methyl sites for hydroxylation is 2. The Bertz CT molecular complexity index is 933. The Kier molecular flexibility index (Phi) is 4.86. The van der Waals surface area contributed by atoms with Crippen molar-refractivity contribution in [2.24, 2.45) is 0 Å². The molecule has 0 spiro atoms. The lowest BCUT2D eigenvalue weighted by atomic mass is 10.0. The molecule has 2 aromatic carbocycles. The van der Waals surface area contributed by atoms with Crippen LogP contribution in [0.25, 0.3) is 6.08 Å². The van der Waals surface area contributed by atoms with Crippen LogP contribution in [0.5, 0.6) is 5.75 Å². The third kappa shape index (κ3) is 3.36. The number of ether oxygens (including phenoxy) is 1. The van der Waals surface area contributed by atoms with E-state index < -0.39 is 11.8 Å². The predicted molar refractivity (Wildman–Crippen MR) is 105 cm³/mol. The second-order valence-electron chi connectivity index (χ2n) is 6.02. The summed E-state index contributed by atoms with van der Waals surface area (Å²) < 4.78 is 5.30. The molecular formula is C20H18N2O3S. The smallest absolute Gasteiger partial charge is 0.270 e. The lowest BCUT2D eigenvalue weighted by Gasteiger charge is -2.29. The molecule has 1 aliphatic rings. The van der Waals surface area contributed by atoms with Gasteiger partial charge < -0.3 is 4.74 Å². The number of hydrogen-bond donors (Lipinski definition) is 1. The molecule has 5 nitrogen and oxygen atoms in total. The Morgan fingerprint density at radius 1 is 1.08 bits per heavy atom. The van der Waals surface area contributed by atoms with Crippen molar-refractivity contribution in [1.82, 2.24) is 5.32 Å². The average Bonchev–Trinajstić information content (AvgIpc) is 2.61. The minimum atomic E-state index is -0.511. The van der Waals surface area contributed by atoms with Crippen molar-refractivity contribution >= 4 is 40.9 Å². The van der Waals surface area contributed by atoms with E-state index in [0.29, 0.717) is 17.0 Å². The second-order valence-corrected chi connectivity index (χ2v) is 6.41. The molecule has 1 fully saturated rings. The monoisotopic (exact) mass is 366 g/mol. The van der Waals surface area contributed by atoms with E-state index in [4.69, 9.17) is 17.0 Å². The molecule has 1 heterocycles. The van der Waals surface area contributed by atoms with Crippen molar-refractivity contribution in [1.29, 1.82) is 0 Å². The summed E-state index contributed by atoms with van der Waals surface area (Å²) >= 11 is 5.20. The summed E-state index contributed by atoms with van der Waals surface area (Å²) in [6.07, 6.45) is 1.54. The fraction of sp³-hybridized carbons (Fsp3) is 0.150. The summed E-state index contributed by atoms with van der Waals surface area (Å²) in [4.78, 5) is 26.6. The molecule has 1 N–H and O–H groups in total. The molecule has 2 amide bonds. The van der Waals surface area contributed by atoms with Gasteiger partial charge in [0.2, 0.25) is 0 Å². The van der Waals surface area contributed by atoms with Crippen LogP contribution in [0, 0.1) is 13.8 Å². The predicted octanol–water partition coefficient (Wildman–Crippen LogP) is 3.14. The van der Waals surface area contributed by atoms with E-state index in [9.17, 15) is 9.59 Å². The van der Waals surface area contributed by atoms with E-state index >= 15 is 0 Å². The summed E-state index contributed by atoms with van der Waals surface area (Å²) in [5, 5.41) is 2.65. The molecule has 26 heavy (non-hydrogen) atoms. The van der Waals surface area contributed by atoms with Gasteiger partial charge in [-0.25, -0.2) is 0 Å². The van der Waals surface area contributed by atoms with Gasteiger partial charge in [-0.1, -0.05) is 29.8 Å². The molecule has 0 aliphatic carbocycles. The first-order valence-electron chi connectivity index (χ1n) is 8.03. The second kappa shape index (κ2) is 7.09. The fourth-order valence-corrected chi connectivity index (χ4v) is 2.96. The van der Waals surface area contributed by atoms with Crippen molar-refractivity contribution in [3.05, 3.63) is 64.7 Å². The van der Waals surface area contributed by atoms with Crippen LogP contribution >= 0.6 is 12.2 Å². The van der Waals surface area contributed by atoms with Crippen molar-refractivity contribution in [2.45, 2.75) is 13.8 Å². The molecule has 0 radical (unpaired) electrons. The molecule has 0 unspecified atom stereocenters. The van der Waals surface area contributed by atoms with E-state index in [1.807, 2.05) is 38.1 Å². The lowest BCUT2D eigenvalue weighted by Crippen LogP contribution is -2.54. The number of amides is 2. The highest BCUT2D eigenvalue weighted by Crippen LogP contribution is 2.24. The minimum absolute atomic E-state index is 0.0186. The Morgan fingerprint density at radius 2 is 1.77 bits per heavy atom. The number of anilines is 1. The first-order valence-corrected chi connectivity index (χ1v) is 8.44. The van der Waals surface area contributed by atoms with Gasteiger partial charge in [0.15, 0.2) is 5.11 Å². The number of benzene rings is 2. The molecule has 0 saturated carbocycles. The number of methoxy groups -OCH3 is 1. The van der Waals surface area contributed by atoms with E-state index in [-0.39, 0.29) is 10.7 Å². The maximum absolute atomic E-state index is 12.9. The zero-order valence-corrected chi connectivity index (χ0v) is 15.5. The van der Waals surface area contributed by atoms with Gasteiger partial charge in [0.05, 0.1) is 12.8 Å². The summed E-state index contributed by atoms with van der Waals surface area (Å²) in [5.74, 6) is -0.279. The number of rotatable bonds is 3. The number of thiocarbonyl (C=S) groups is 1. The SMILES string of the molecule is COc1cc(C=C2C(=O)NC(=S)N(c3ccc(C)cc3)C2=O)ccc1C. The summed E-state index contributed by atoms with van der Waals surface area (Å²) in [6.45, 7) is 3.88. The molecule has 132 valence electrons. The van der Waals surface area contributed by atoms with Crippen LogP contribution in [0.4, 0.5) is 5.69 Å². The van der Waals surface area contributed by atoms with E-state index in [1.54, 1.807) is 31.4 Å². The van der Waals surface area contributed by atoms with Crippen LogP contribution in [0.3, 0.4) is 0 Å². The van der Waals surface area contributed by atoms with Crippen LogP contribution in [0.1, 0.15) is 16.7 Å². The summed E-state index contributed by atoms with van der Waals surface area (Å²) in [7, 11) is 1.58. The van der Waals surface area contributed by atoms with Crippen LogP contribution in [-0.2, 0) is 9.59 Å². The van der Waals surface area contributed by atoms with Crippen molar-refractivity contribution in [3.8, 4) is 5.75 Å². The molecule has 2 aromatic rings. The average molecular weight is 366 g/mol. The van der Waals surface area contributed by atoms with Gasteiger partial charge in [-0.2, -0.15) is 0 Å². The Hall–Kier alpha value is -2.99. The van der Waals surface area contributed by atoms with E-state index in [0.717, 1.165) is 11.1 Å². The van der Waals surface area contributed by atoms with Crippen molar-refractivity contribution < 1.29 is 14.3 Å². The van der Waals surface area contributed by atoms with Gasteiger partial charge in [0.25, 0.3) is 11.8 Å². The highest BCUT2D eigenvalue weighted by molar-refractivity contribution is 7.80. The fourth-order valence-electron chi connectivity index (χ4n) is 2.68. The molecule has 6 heteroatoms. The molecule has 3 rings (SSSR count). The molecule has 0 bridgehead atoms. The summed E-state index contributed by atoms with van der Waals surface area (Å²) in [6, 6.07) is 12.8. The lowest BCUT2D eigenvalue weighted by molar-refractivity contribution is -0.122. The van der Waals surface area contributed by atoms with Gasteiger partial charge in [-0.05, 0) is 61.5 Å². The normalized spacial score (nSPS) is 16.0. The van der Waals surface area contributed by atoms with Gasteiger partial charge in [0.1, 0.15) is 11.3 Å². The minimum Gasteiger partial charge on any atom is -0.496 e. The molecular weight excluding hydrogens is 348 g/mol. The third-order valence-corrected chi connectivity index (χ3v) is 4.42. The zero-order chi connectivity index (χ0) is 18.8. The van der Waals surface area contributed by atoms with E-state index in [1.165, 1.54) is 4.90 Å². The number of nitrogens with one attached hydrogen (secondary N) is 1. The number of nitrogens with zero attached hydrogens (tertiary/aromatic N) is 1. The van der Waals surface area contributed by atoms with Crippen molar-refractivity contribution in [2.75, 3.05) is 12.0 Å². The quantitative estimate of drug-likeness (QED) is 0.515. The zero-order valence-electron chi connectivity index (χ0n) is 14.7. The van der Waals surface area contributed by atoms with Crippen LogP contribution in [0.2, 0.25) is 0 Å². The maximum atomic E-state index is 12.9. The van der Waals surface area contributed by atoms with Gasteiger partial charge >= 0.3 is 0 Å². The van der Waals surface area contributed by atoms with Gasteiger partial charge in [-0.15, -0.1) is 0 Å². The first-order chi connectivity index (χ1) is 12.4. The molecule has 0 atom stereocenters. The third-order valence-electron chi connectivity index (χ3n) is 4.14. The molecule has 1 saturated heterocycles. The Balaban J connectivity index is 2.01. The van der Waals surface area contributed by atoms with Crippen LogP contribution in [-0.4, -0.2) is 24.0 Å². The standard InChI is InChI=1S/C20H18N2O3S/c1-12-4-8-15(9-5-12)22-19(24)16(18(23)21-20(22)26)10-14-7-6-13(2)17(11-14)25-3/h4-11H,1-3H3,(H,21,23,26). The van der Waals surface area contributed by atoms with Gasteiger partial charge in [0, 0.05) is 0 Å².